The molecule has 35 heavy (non-hydrogen) atoms. The Labute approximate surface area is 205 Å². The molecule has 0 aliphatic carbocycles. The molecule has 0 saturated carbocycles. The van der Waals surface area contributed by atoms with Crippen molar-refractivity contribution in [1.29, 1.82) is 0 Å². The van der Waals surface area contributed by atoms with Crippen LogP contribution in [0.1, 0.15) is 42.1 Å². The second-order valence-corrected chi connectivity index (χ2v) is 9.09. The van der Waals surface area contributed by atoms with Crippen LogP contribution in [0.2, 0.25) is 0 Å². The molecular formula is C26H33N3O6. The maximum atomic E-state index is 13.5. The molecule has 2 aliphatic heterocycles. The van der Waals surface area contributed by atoms with Gasteiger partial charge in [0.05, 0.1) is 19.2 Å². The molecule has 4 rings (SSSR count). The van der Waals surface area contributed by atoms with E-state index in [0.717, 1.165) is 37.1 Å². The molecule has 0 aromatic heterocycles. The summed E-state index contributed by atoms with van der Waals surface area (Å²) in [6.45, 7) is 4.75. The number of likely N-dealkylation sites (N-methyl/N-ethyl adjacent to an activating group) is 1. The number of carbonyl (C=O) groups excluding carboxylic acids is 2. The third-order valence-corrected chi connectivity index (χ3v) is 6.55. The van der Waals surface area contributed by atoms with Gasteiger partial charge in [0.15, 0.2) is 5.75 Å². The molecule has 2 aromatic rings. The smallest absolute Gasteiger partial charge is 0.255 e. The quantitative estimate of drug-likeness (QED) is 0.481. The number of amides is 2. The number of fused-ring (bicyclic) bond motifs is 1. The largest absolute Gasteiger partial charge is 0.497 e. The Morgan fingerprint density at radius 1 is 1.14 bits per heavy atom. The lowest BCUT2D eigenvalue weighted by Crippen LogP contribution is -2.46. The van der Waals surface area contributed by atoms with E-state index < -0.39 is 0 Å². The topological polar surface area (TPSA) is 101 Å². The van der Waals surface area contributed by atoms with Crippen molar-refractivity contribution in [3.63, 3.8) is 0 Å². The van der Waals surface area contributed by atoms with Crippen LogP contribution >= 0.6 is 0 Å². The molecule has 2 N–H and O–H groups in total. The van der Waals surface area contributed by atoms with Gasteiger partial charge in [0.1, 0.15) is 18.1 Å². The number of nitrogens with zero attached hydrogens (tertiary/aromatic N) is 2. The third kappa shape index (κ3) is 5.68. The van der Waals surface area contributed by atoms with Gasteiger partial charge < -0.3 is 29.5 Å². The molecular weight excluding hydrogens is 450 g/mol. The van der Waals surface area contributed by atoms with Gasteiger partial charge >= 0.3 is 0 Å². The van der Waals surface area contributed by atoms with Crippen LogP contribution in [-0.4, -0.2) is 73.3 Å². The van der Waals surface area contributed by atoms with Crippen LogP contribution in [0, 0.1) is 0 Å². The van der Waals surface area contributed by atoms with E-state index in [1.165, 1.54) is 7.11 Å². The number of piperidine rings is 1. The van der Waals surface area contributed by atoms with Crippen LogP contribution < -0.4 is 19.7 Å². The zero-order chi connectivity index (χ0) is 24.9. The summed E-state index contributed by atoms with van der Waals surface area (Å²) in [7, 11) is 3.58. The second kappa shape index (κ2) is 11.0. The molecule has 1 saturated heterocycles. The Balaban J connectivity index is 1.77. The molecule has 9 heteroatoms. The van der Waals surface area contributed by atoms with Crippen LogP contribution in [0.3, 0.4) is 0 Å². The van der Waals surface area contributed by atoms with Crippen molar-refractivity contribution < 1.29 is 29.2 Å². The van der Waals surface area contributed by atoms with Gasteiger partial charge in [0.2, 0.25) is 5.91 Å². The van der Waals surface area contributed by atoms with Crippen LogP contribution in [0.15, 0.2) is 30.3 Å². The highest BCUT2D eigenvalue weighted by Gasteiger charge is 2.27. The van der Waals surface area contributed by atoms with E-state index in [9.17, 15) is 14.8 Å². The zero-order valence-electron chi connectivity index (χ0n) is 20.5. The lowest BCUT2D eigenvalue weighted by atomic mass is 9.96. The second-order valence-electron chi connectivity index (χ2n) is 9.09. The molecule has 2 aromatic carbocycles. The summed E-state index contributed by atoms with van der Waals surface area (Å²) < 4.78 is 11.4. The summed E-state index contributed by atoms with van der Waals surface area (Å²) in [5, 5.41) is 12.4. The number of benzene rings is 2. The van der Waals surface area contributed by atoms with E-state index in [0.29, 0.717) is 48.7 Å². The molecule has 2 amide bonds. The number of likely N-dealkylation sites (tertiary alicyclic amines) is 1. The van der Waals surface area contributed by atoms with Crippen molar-refractivity contribution in [2.75, 3.05) is 40.4 Å². The van der Waals surface area contributed by atoms with Crippen molar-refractivity contribution in [2.24, 2.45) is 0 Å². The van der Waals surface area contributed by atoms with Crippen LogP contribution in [0.25, 0.3) is 11.1 Å². The molecule has 188 valence electrons. The van der Waals surface area contributed by atoms with E-state index in [-0.39, 0.29) is 23.6 Å². The van der Waals surface area contributed by atoms with E-state index in [4.69, 9.17) is 9.47 Å². The molecule has 1 fully saturated rings. The first-order chi connectivity index (χ1) is 16.9. The first-order valence-electron chi connectivity index (χ1n) is 12.0. The average Bonchev–Trinajstić information content (AvgIpc) is 3.09. The number of nitrogens with one attached hydrogen (secondary N) is 1. The predicted molar refractivity (Wildman–Crippen MR) is 131 cm³/mol. The SMILES string of the molecule is CCC(=O)N1CCOc2c(cc(-c3cc(OC)cc(OO)c3)cc2C(=O)N[C@H]2CCCN(C)C2)C1. The van der Waals surface area contributed by atoms with Gasteiger partial charge in [-0.25, -0.2) is 5.26 Å². The minimum atomic E-state index is -0.208. The predicted octanol–water partition coefficient (Wildman–Crippen LogP) is 3.17. The maximum Gasteiger partial charge on any atom is 0.255 e. The minimum Gasteiger partial charge on any atom is -0.497 e. The summed E-state index contributed by atoms with van der Waals surface area (Å²) in [5.74, 6) is 1.03. The van der Waals surface area contributed by atoms with Gasteiger partial charge in [-0.1, -0.05) is 6.92 Å². The fourth-order valence-electron chi connectivity index (χ4n) is 4.75. The Kier molecular flexibility index (Phi) is 7.77. The Morgan fingerprint density at radius 2 is 1.91 bits per heavy atom. The molecule has 0 bridgehead atoms. The van der Waals surface area contributed by atoms with Crippen molar-refractivity contribution in [1.82, 2.24) is 15.1 Å². The molecule has 0 unspecified atom stereocenters. The molecule has 9 nitrogen and oxygen atoms in total. The molecule has 1 atom stereocenters. The molecule has 2 heterocycles. The van der Waals surface area contributed by atoms with Crippen molar-refractivity contribution in [3.8, 4) is 28.4 Å². The first kappa shape index (κ1) is 24.8. The van der Waals surface area contributed by atoms with Gasteiger partial charge in [-0.2, -0.15) is 0 Å². The lowest BCUT2D eigenvalue weighted by Gasteiger charge is -2.30. The molecule has 0 radical (unpaired) electrons. The number of hydrogen-bond acceptors (Lipinski definition) is 7. The fraction of sp³-hybridized carbons (Fsp3) is 0.462. The van der Waals surface area contributed by atoms with Crippen LogP contribution in [0.4, 0.5) is 0 Å². The summed E-state index contributed by atoms with van der Waals surface area (Å²) in [6, 6.07) is 8.77. The number of methoxy groups -OCH3 is 1. The van der Waals surface area contributed by atoms with Gasteiger partial charge in [-0.3, -0.25) is 9.59 Å². The summed E-state index contributed by atoms with van der Waals surface area (Å²) in [4.78, 5) is 34.4. The summed E-state index contributed by atoms with van der Waals surface area (Å²) >= 11 is 0. The van der Waals surface area contributed by atoms with Crippen molar-refractivity contribution in [2.45, 2.75) is 38.8 Å². The third-order valence-electron chi connectivity index (χ3n) is 6.55. The normalized spacial score (nSPS) is 18.2. The van der Waals surface area contributed by atoms with E-state index in [1.807, 2.05) is 13.0 Å². The Hall–Kier alpha value is -3.30. The summed E-state index contributed by atoms with van der Waals surface area (Å²) in [5.41, 5.74) is 2.59. The number of ether oxygens (including phenoxy) is 2. The van der Waals surface area contributed by atoms with Gasteiger partial charge in [0.25, 0.3) is 5.91 Å². The molecule has 2 aliphatic rings. The minimum absolute atomic E-state index is 0.0282. The van der Waals surface area contributed by atoms with Crippen LogP contribution in [0.5, 0.6) is 17.2 Å². The first-order valence-corrected chi connectivity index (χ1v) is 12.0. The van der Waals surface area contributed by atoms with Gasteiger partial charge in [-0.15, -0.1) is 0 Å². The zero-order valence-corrected chi connectivity index (χ0v) is 20.5. The highest BCUT2D eigenvalue weighted by Crippen LogP contribution is 2.36. The van der Waals surface area contributed by atoms with E-state index in [2.05, 4.69) is 22.2 Å². The van der Waals surface area contributed by atoms with E-state index >= 15 is 0 Å². The lowest BCUT2D eigenvalue weighted by molar-refractivity contribution is -0.137. The number of carbonyl (C=O) groups is 2. The Morgan fingerprint density at radius 3 is 2.63 bits per heavy atom. The Bertz CT molecular complexity index is 1070. The van der Waals surface area contributed by atoms with Crippen molar-refractivity contribution >= 4 is 11.8 Å². The van der Waals surface area contributed by atoms with Gasteiger partial charge in [-0.05, 0) is 61.8 Å². The van der Waals surface area contributed by atoms with E-state index in [1.54, 1.807) is 29.2 Å². The highest BCUT2D eigenvalue weighted by molar-refractivity contribution is 5.99. The highest BCUT2D eigenvalue weighted by atomic mass is 17.1. The monoisotopic (exact) mass is 483 g/mol. The maximum absolute atomic E-state index is 13.5. The number of rotatable bonds is 6. The van der Waals surface area contributed by atoms with Crippen molar-refractivity contribution in [3.05, 3.63) is 41.5 Å². The molecule has 0 spiro atoms. The summed E-state index contributed by atoms with van der Waals surface area (Å²) in [6.07, 6.45) is 2.34. The average molecular weight is 484 g/mol. The fourth-order valence-corrected chi connectivity index (χ4v) is 4.75. The van der Waals surface area contributed by atoms with Crippen LogP contribution in [-0.2, 0) is 11.3 Å². The standard InChI is InChI=1S/C26H33N3O6/c1-4-24(30)29-8-9-34-25-19(15-29)10-17(18-11-21(33-3)14-22(12-18)35-32)13-23(25)26(31)27-20-6-5-7-28(2)16-20/h10-14,20,32H,4-9,15-16H2,1-3H3,(H,27,31)/t20-/m0/s1. The van der Waals surface area contributed by atoms with Gasteiger partial charge in [0, 0.05) is 37.2 Å². The number of hydrogen-bond donors (Lipinski definition) is 2.